The molecule has 0 spiro atoms. The Morgan fingerprint density at radius 2 is 1.35 bits per heavy atom. The Balaban J connectivity index is 2.09. The minimum atomic E-state index is -0.0818. The minimum absolute atomic E-state index is 0.0818. The van der Waals surface area contributed by atoms with E-state index in [0.717, 1.165) is 28.7 Å². The fourth-order valence-corrected chi connectivity index (χ4v) is 2.08. The predicted octanol–water partition coefficient (Wildman–Crippen LogP) is 5.57. The van der Waals surface area contributed by atoms with Gasteiger partial charge < -0.3 is 0 Å². The van der Waals surface area contributed by atoms with Gasteiger partial charge in [-0.05, 0) is 67.8 Å². The first-order valence-electron chi connectivity index (χ1n) is 7.72. The highest BCUT2D eigenvalue weighted by atomic mass is 19.1. The molecule has 2 aromatic rings. The zero-order chi connectivity index (χ0) is 16.5. The van der Waals surface area contributed by atoms with Crippen LogP contribution in [-0.4, -0.2) is 0 Å². The van der Waals surface area contributed by atoms with Crippen LogP contribution in [0.3, 0.4) is 0 Å². The van der Waals surface area contributed by atoms with E-state index in [1.165, 1.54) is 0 Å². The molecule has 0 aliphatic rings. The van der Waals surface area contributed by atoms with Gasteiger partial charge in [0, 0.05) is 16.7 Å². The summed E-state index contributed by atoms with van der Waals surface area (Å²) in [6.07, 6.45) is 2.88. The molecule has 0 amide bonds. The molecule has 0 radical (unpaired) electrons. The number of rotatable bonds is 3. The van der Waals surface area contributed by atoms with Gasteiger partial charge >= 0.3 is 0 Å². The third-order valence-electron chi connectivity index (χ3n) is 3.23. The van der Waals surface area contributed by atoms with Crippen molar-refractivity contribution in [3.8, 4) is 23.7 Å². The lowest BCUT2D eigenvalue weighted by molar-refractivity contribution is 0.591. The van der Waals surface area contributed by atoms with Gasteiger partial charge in [-0.3, -0.25) is 0 Å². The molecular formula is C22H19F. The molecule has 0 saturated carbocycles. The summed E-state index contributed by atoms with van der Waals surface area (Å²) in [7, 11) is 0. The summed E-state index contributed by atoms with van der Waals surface area (Å²) in [5.74, 6) is 12.0. The Hall–Kier alpha value is -2.77. The van der Waals surface area contributed by atoms with Crippen molar-refractivity contribution in [3.05, 3.63) is 76.6 Å². The number of hydrogen-bond donors (Lipinski definition) is 0. The highest BCUT2D eigenvalue weighted by Crippen LogP contribution is 2.13. The molecule has 114 valence electrons. The Labute approximate surface area is 138 Å². The molecule has 2 aromatic carbocycles. The Morgan fingerprint density at radius 3 is 1.83 bits per heavy atom. The van der Waals surface area contributed by atoms with Crippen LogP contribution in [0.5, 0.6) is 0 Å². The van der Waals surface area contributed by atoms with Gasteiger partial charge in [0.15, 0.2) is 0 Å². The van der Waals surface area contributed by atoms with Crippen molar-refractivity contribution in [1.29, 1.82) is 0 Å². The zero-order valence-corrected chi connectivity index (χ0v) is 13.5. The average Bonchev–Trinajstić information content (AvgIpc) is 2.56. The van der Waals surface area contributed by atoms with Crippen molar-refractivity contribution in [2.45, 2.75) is 26.7 Å². The lowest BCUT2D eigenvalue weighted by Gasteiger charge is -1.97. The number of halogens is 1. The molecule has 0 unspecified atom stereocenters. The summed E-state index contributed by atoms with van der Waals surface area (Å²) in [5.41, 5.74) is 3.72. The van der Waals surface area contributed by atoms with Crippen LogP contribution in [0.25, 0.3) is 6.08 Å². The van der Waals surface area contributed by atoms with Crippen LogP contribution in [0.4, 0.5) is 4.39 Å². The van der Waals surface area contributed by atoms with E-state index in [4.69, 9.17) is 0 Å². The lowest BCUT2D eigenvalue weighted by Crippen LogP contribution is -1.80. The summed E-state index contributed by atoms with van der Waals surface area (Å²) in [4.78, 5) is 0. The highest BCUT2D eigenvalue weighted by molar-refractivity contribution is 5.54. The monoisotopic (exact) mass is 302 g/mol. The maximum atomic E-state index is 13.5. The van der Waals surface area contributed by atoms with Gasteiger partial charge in [0.25, 0.3) is 0 Å². The molecule has 0 fully saturated rings. The number of hydrogen-bond acceptors (Lipinski definition) is 0. The smallest absolute Gasteiger partial charge is 0.100 e. The van der Waals surface area contributed by atoms with Crippen molar-refractivity contribution in [2.24, 2.45) is 0 Å². The average molecular weight is 302 g/mol. The normalized spacial score (nSPS) is 10.3. The molecule has 0 aliphatic heterocycles. The Bertz CT molecular complexity index is 786. The molecule has 23 heavy (non-hydrogen) atoms. The minimum Gasteiger partial charge on any atom is -0.212 e. The first-order chi connectivity index (χ1) is 11.2. The molecule has 0 N–H and O–H groups in total. The quantitative estimate of drug-likeness (QED) is 0.650. The first-order valence-corrected chi connectivity index (χ1v) is 7.72. The topological polar surface area (TPSA) is 0 Å². The largest absolute Gasteiger partial charge is 0.212 e. The van der Waals surface area contributed by atoms with Crippen LogP contribution in [0.15, 0.2) is 54.4 Å². The van der Waals surface area contributed by atoms with Crippen LogP contribution in [0, 0.1) is 23.7 Å². The van der Waals surface area contributed by atoms with Gasteiger partial charge in [0.2, 0.25) is 0 Å². The molecule has 2 rings (SSSR count). The van der Waals surface area contributed by atoms with Crippen LogP contribution >= 0.6 is 0 Å². The second-order valence-corrected chi connectivity index (χ2v) is 5.17. The fraction of sp³-hybridized carbons (Fsp3) is 0.182. The van der Waals surface area contributed by atoms with Gasteiger partial charge in [-0.2, -0.15) is 0 Å². The fourth-order valence-electron chi connectivity index (χ4n) is 2.08. The van der Waals surface area contributed by atoms with E-state index in [9.17, 15) is 4.39 Å². The molecule has 0 bridgehead atoms. The van der Waals surface area contributed by atoms with Gasteiger partial charge in [0.1, 0.15) is 5.83 Å². The third-order valence-corrected chi connectivity index (χ3v) is 3.23. The summed E-state index contributed by atoms with van der Waals surface area (Å²) in [6.45, 7) is 3.79. The van der Waals surface area contributed by atoms with Crippen molar-refractivity contribution in [1.82, 2.24) is 0 Å². The standard InChI is InChI=1S/C22H19F/c1-3-5-18-7-9-19(10-8-18)11-12-20-13-15-21(16-14-20)17-22(23)6-4-2/h7-10,13-17H,4,6H2,1-2H3/b22-17+. The van der Waals surface area contributed by atoms with Crippen LogP contribution in [0.1, 0.15) is 48.9 Å². The summed E-state index contributed by atoms with van der Waals surface area (Å²) in [6, 6.07) is 15.5. The van der Waals surface area contributed by atoms with Crippen molar-refractivity contribution in [3.63, 3.8) is 0 Å². The van der Waals surface area contributed by atoms with Gasteiger partial charge in [-0.15, -0.1) is 5.92 Å². The van der Waals surface area contributed by atoms with E-state index in [1.54, 1.807) is 6.08 Å². The molecule has 0 heterocycles. The third kappa shape index (κ3) is 5.50. The molecule has 1 heteroatoms. The van der Waals surface area contributed by atoms with Gasteiger partial charge in [0.05, 0.1) is 0 Å². The van der Waals surface area contributed by atoms with E-state index in [2.05, 4.69) is 23.7 Å². The SMILES string of the molecule is CC#Cc1ccc(C#Cc2ccc(/C=C(/F)CCC)cc2)cc1. The first kappa shape index (κ1) is 16.6. The maximum absolute atomic E-state index is 13.5. The predicted molar refractivity (Wildman–Crippen MR) is 95.4 cm³/mol. The Kier molecular flexibility index (Phi) is 6.22. The number of benzene rings is 2. The summed E-state index contributed by atoms with van der Waals surface area (Å²) >= 11 is 0. The Morgan fingerprint density at radius 1 is 0.870 bits per heavy atom. The van der Waals surface area contributed by atoms with Crippen LogP contribution in [-0.2, 0) is 0 Å². The van der Waals surface area contributed by atoms with E-state index in [0.29, 0.717) is 6.42 Å². The maximum Gasteiger partial charge on any atom is 0.100 e. The molecular weight excluding hydrogens is 283 g/mol. The molecule has 0 atom stereocenters. The van der Waals surface area contributed by atoms with E-state index >= 15 is 0 Å². The van der Waals surface area contributed by atoms with Gasteiger partial charge in [-0.25, -0.2) is 4.39 Å². The van der Waals surface area contributed by atoms with Crippen molar-refractivity contribution in [2.75, 3.05) is 0 Å². The molecule has 0 aliphatic carbocycles. The molecule has 0 nitrogen and oxygen atoms in total. The van der Waals surface area contributed by atoms with E-state index in [-0.39, 0.29) is 5.83 Å². The summed E-state index contributed by atoms with van der Waals surface area (Å²) < 4.78 is 13.5. The molecule has 0 saturated heterocycles. The van der Waals surface area contributed by atoms with Gasteiger partial charge in [-0.1, -0.05) is 36.8 Å². The van der Waals surface area contributed by atoms with Crippen LogP contribution in [0.2, 0.25) is 0 Å². The van der Waals surface area contributed by atoms with Crippen molar-refractivity contribution < 1.29 is 4.39 Å². The molecule has 0 aromatic heterocycles. The summed E-state index contributed by atoms with van der Waals surface area (Å²) in [5, 5.41) is 0. The zero-order valence-electron chi connectivity index (χ0n) is 13.5. The number of allylic oxidation sites excluding steroid dienone is 1. The van der Waals surface area contributed by atoms with Crippen LogP contribution < -0.4 is 0 Å². The van der Waals surface area contributed by atoms with E-state index < -0.39 is 0 Å². The lowest BCUT2D eigenvalue weighted by atomic mass is 10.1. The van der Waals surface area contributed by atoms with E-state index in [1.807, 2.05) is 62.4 Å². The highest BCUT2D eigenvalue weighted by Gasteiger charge is 1.95. The van der Waals surface area contributed by atoms with Crippen molar-refractivity contribution >= 4 is 6.08 Å². The second kappa shape index (κ2) is 8.62. The second-order valence-electron chi connectivity index (χ2n) is 5.17.